The van der Waals surface area contributed by atoms with Crippen LogP contribution in [0.3, 0.4) is 0 Å². The van der Waals surface area contributed by atoms with Gasteiger partial charge in [0.15, 0.2) is 5.82 Å². The Morgan fingerprint density at radius 3 is 2.56 bits per heavy atom. The number of amides is 1. The quantitative estimate of drug-likeness (QED) is 0.675. The second-order valence-corrected chi connectivity index (χ2v) is 6.91. The van der Waals surface area contributed by atoms with E-state index in [0.717, 1.165) is 29.5 Å². The molecule has 0 saturated heterocycles. The first-order chi connectivity index (χ1) is 13.1. The molecule has 6 nitrogen and oxygen atoms in total. The average molecular weight is 363 g/mol. The molecule has 1 aliphatic rings. The molecule has 27 heavy (non-hydrogen) atoms. The van der Waals surface area contributed by atoms with E-state index in [-0.39, 0.29) is 18.5 Å². The van der Waals surface area contributed by atoms with Crippen molar-refractivity contribution >= 4 is 5.91 Å². The summed E-state index contributed by atoms with van der Waals surface area (Å²) in [5.74, 6) is -0.319. The zero-order valence-corrected chi connectivity index (χ0v) is 15.2. The van der Waals surface area contributed by atoms with Gasteiger partial charge in [-0.25, -0.2) is 9.36 Å². The minimum atomic E-state index is -0.614. The Balaban J connectivity index is 1.60. The zero-order valence-electron chi connectivity index (χ0n) is 15.2. The van der Waals surface area contributed by atoms with Gasteiger partial charge >= 0.3 is 5.76 Å². The number of aromatic nitrogens is 2. The Kier molecular flexibility index (Phi) is 4.62. The lowest BCUT2D eigenvalue weighted by Gasteiger charge is -2.23. The number of rotatable bonds is 6. The van der Waals surface area contributed by atoms with Crippen molar-refractivity contribution in [1.82, 2.24) is 14.6 Å². The van der Waals surface area contributed by atoms with Gasteiger partial charge in [-0.1, -0.05) is 59.8 Å². The van der Waals surface area contributed by atoms with Gasteiger partial charge in [0.25, 0.3) is 0 Å². The van der Waals surface area contributed by atoms with Crippen LogP contribution >= 0.6 is 0 Å². The molecule has 0 N–H and O–H groups in total. The first kappa shape index (κ1) is 17.3. The lowest BCUT2D eigenvalue weighted by Crippen LogP contribution is -2.37. The van der Waals surface area contributed by atoms with E-state index >= 15 is 0 Å². The van der Waals surface area contributed by atoms with E-state index in [1.807, 2.05) is 66.4 Å². The minimum absolute atomic E-state index is 0.0741. The van der Waals surface area contributed by atoms with Crippen molar-refractivity contribution in [2.24, 2.45) is 0 Å². The molecule has 138 valence electrons. The molecule has 6 heteroatoms. The van der Waals surface area contributed by atoms with E-state index in [1.54, 1.807) is 0 Å². The number of carbonyl (C=O) groups excluding carboxylic acids is 1. The van der Waals surface area contributed by atoms with Crippen LogP contribution in [-0.4, -0.2) is 26.6 Å². The van der Waals surface area contributed by atoms with Gasteiger partial charge in [0.1, 0.15) is 6.54 Å². The smallest absolute Gasteiger partial charge is 0.334 e. The largest absolute Gasteiger partial charge is 0.442 e. The van der Waals surface area contributed by atoms with Crippen molar-refractivity contribution in [3.05, 3.63) is 76.3 Å². The summed E-state index contributed by atoms with van der Waals surface area (Å²) >= 11 is 0. The summed E-state index contributed by atoms with van der Waals surface area (Å²) in [5.41, 5.74) is 2.84. The topological polar surface area (TPSA) is 68.3 Å². The van der Waals surface area contributed by atoms with Gasteiger partial charge in [0, 0.05) is 18.2 Å². The van der Waals surface area contributed by atoms with E-state index < -0.39 is 5.76 Å². The minimum Gasteiger partial charge on any atom is -0.334 e. The lowest BCUT2D eigenvalue weighted by atomic mass is 10.1. The van der Waals surface area contributed by atoms with Gasteiger partial charge in [-0.15, -0.1) is 0 Å². The number of carbonyl (C=O) groups is 1. The highest BCUT2D eigenvalue weighted by Gasteiger charge is 2.33. The molecule has 3 aromatic rings. The van der Waals surface area contributed by atoms with Crippen molar-refractivity contribution in [3.8, 4) is 11.4 Å². The number of nitrogens with zero attached hydrogens (tertiary/aromatic N) is 3. The van der Waals surface area contributed by atoms with Crippen LogP contribution in [0.15, 0.2) is 63.9 Å². The summed E-state index contributed by atoms with van der Waals surface area (Å²) in [5, 5.41) is 3.91. The summed E-state index contributed by atoms with van der Waals surface area (Å²) in [6.45, 7) is 2.41. The molecule has 1 heterocycles. The Morgan fingerprint density at radius 1 is 1.15 bits per heavy atom. The third kappa shape index (κ3) is 3.69. The van der Waals surface area contributed by atoms with Gasteiger partial charge in [-0.2, -0.15) is 0 Å². The Morgan fingerprint density at radius 2 is 1.85 bits per heavy atom. The van der Waals surface area contributed by atoms with Crippen molar-refractivity contribution in [2.45, 2.75) is 38.9 Å². The van der Waals surface area contributed by atoms with E-state index in [0.29, 0.717) is 12.4 Å². The third-order valence-corrected chi connectivity index (χ3v) is 4.87. The predicted molar refractivity (Wildman–Crippen MR) is 101 cm³/mol. The molecule has 2 aromatic carbocycles. The second-order valence-electron chi connectivity index (χ2n) is 6.91. The first-order valence-electron chi connectivity index (χ1n) is 9.09. The monoisotopic (exact) mass is 363 g/mol. The van der Waals surface area contributed by atoms with Crippen LogP contribution in [0.1, 0.15) is 24.0 Å². The maximum absolute atomic E-state index is 13.0. The molecule has 0 radical (unpaired) electrons. The molecule has 0 unspecified atom stereocenters. The van der Waals surface area contributed by atoms with Crippen LogP contribution in [0.25, 0.3) is 11.4 Å². The van der Waals surface area contributed by atoms with E-state index in [1.165, 1.54) is 4.57 Å². The molecule has 0 spiro atoms. The molecule has 4 rings (SSSR count). The normalized spacial score (nSPS) is 13.5. The molecule has 0 atom stereocenters. The van der Waals surface area contributed by atoms with E-state index in [2.05, 4.69) is 5.16 Å². The zero-order chi connectivity index (χ0) is 18.8. The summed E-state index contributed by atoms with van der Waals surface area (Å²) < 4.78 is 6.19. The molecule has 1 saturated carbocycles. The molecule has 1 aromatic heterocycles. The first-order valence-corrected chi connectivity index (χ1v) is 9.09. The second kappa shape index (κ2) is 7.23. The molecular weight excluding hydrogens is 342 g/mol. The van der Waals surface area contributed by atoms with Crippen molar-refractivity contribution in [2.75, 3.05) is 0 Å². The summed E-state index contributed by atoms with van der Waals surface area (Å²) in [4.78, 5) is 27.1. The standard InChI is InChI=1S/C21H21N3O3/c1-15-7-5-6-10-18(15)20-22-27-21(26)24(20)14-19(25)23(17-11-12-17)13-16-8-3-2-4-9-16/h2-10,17H,11-14H2,1H3. The molecule has 0 aliphatic heterocycles. The van der Waals surface area contributed by atoms with E-state index in [4.69, 9.17) is 4.52 Å². The highest BCUT2D eigenvalue weighted by molar-refractivity contribution is 5.77. The van der Waals surface area contributed by atoms with Gasteiger partial charge in [0.2, 0.25) is 5.91 Å². The maximum atomic E-state index is 13.0. The Labute approximate surface area is 157 Å². The van der Waals surface area contributed by atoms with Gasteiger partial charge in [-0.3, -0.25) is 9.32 Å². The summed E-state index contributed by atoms with van der Waals surface area (Å²) in [6, 6.07) is 17.7. The highest BCUT2D eigenvalue weighted by atomic mass is 16.5. The lowest BCUT2D eigenvalue weighted by molar-refractivity contribution is -0.133. The van der Waals surface area contributed by atoms with Gasteiger partial charge in [-0.05, 0) is 30.9 Å². The van der Waals surface area contributed by atoms with Crippen molar-refractivity contribution < 1.29 is 9.32 Å². The van der Waals surface area contributed by atoms with Crippen molar-refractivity contribution in [3.63, 3.8) is 0 Å². The fourth-order valence-electron chi connectivity index (χ4n) is 3.24. The van der Waals surface area contributed by atoms with Crippen molar-refractivity contribution in [1.29, 1.82) is 0 Å². The Hall–Kier alpha value is -3.15. The van der Waals surface area contributed by atoms with Crippen LogP contribution in [0.4, 0.5) is 0 Å². The molecular formula is C21H21N3O3. The highest BCUT2D eigenvalue weighted by Crippen LogP contribution is 2.29. The number of hydrogen-bond acceptors (Lipinski definition) is 4. The average Bonchev–Trinajstić information content (AvgIpc) is 3.46. The molecule has 0 bridgehead atoms. The number of hydrogen-bond donors (Lipinski definition) is 0. The predicted octanol–water partition coefficient (Wildman–Crippen LogP) is 3.00. The van der Waals surface area contributed by atoms with Crippen LogP contribution in [-0.2, 0) is 17.9 Å². The van der Waals surface area contributed by atoms with Crippen LogP contribution in [0.2, 0.25) is 0 Å². The molecule has 1 aliphatic carbocycles. The third-order valence-electron chi connectivity index (χ3n) is 4.87. The molecule has 1 amide bonds. The van der Waals surface area contributed by atoms with Crippen LogP contribution < -0.4 is 5.76 Å². The summed E-state index contributed by atoms with van der Waals surface area (Å²) in [6.07, 6.45) is 2.00. The summed E-state index contributed by atoms with van der Waals surface area (Å²) in [7, 11) is 0. The number of aryl methyl sites for hydroxylation is 1. The fourth-order valence-corrected chi connectivity index (χ4v) is 3.24. The maximum Gasteiger partial charge on any atom is 0.442 e. The van der Waals surface area contributed by atoms with Crippen LogP contribution in [0, 0.1) is 6.92 Å². The van der Waals surface area contributed by atoms with Gasteiger partial charge < -0.3 is 4.90 Å². The molecule has 1 fully saturated rings. The van der Waals surface area contributed by atoms with Crippen LogP contribution in [0.5, 0.6) is 0 Å². The van der Waals surface area contributed by atoms with E-state index in [9.17, 15) is 9.59 Å². The SMILES string of the molecule is Cc1ccccc1-c1noc(=O)n1CC(=O)N(Cc1ccccc1)C1CC1. The van der Waals surface area contributed by atoms with Gasteiger partial charge in [0.05, 0.1) is 0 Å². The Bertz CT molecular complexity index is 1000. The fraction of sp³-hybridized carbons (Fsp3) is 0.286. The number of benzene rings is 2.